The van der Waals surface area contributed by atoms with Crippen LogP contribution in [0.5, 0.6) is 0 Å². The van der Waals surface area contributed by atoms with Crippen LogP contribution in [0, 0.1) is 5.21 Å². The van der Waals surface area contributed by atoms with E-state index < -0.39 is 21.0 Å². The second kappa shape index (κ2) is 8.19. The minimum atomic E-state index is -0.691. The van der Waals surface area contributed by atoms with Crippen molar-refractivity contribution in [3.05, 3.63) is 89.1 Å². The number of fused-ring (bicyclic) bond motifs is 3. The van der Waals surface area contributed by atoms with Crippen LogP contribution in [0.3, 0.4) is 0 Å². The number of hydrogen-bond donors (Lipinski definition) is 1. The molecule has 1 amide bonds. The molecule has 0 radical (unpaired) electrons. The number of hydroxylamine groups is 1. The number of pyridine rings is 1. The van der Waals surface area contributed by atoms with Gasteiger partial charge in [-0.1, -0.05) is 30.4 Å². The number of nitrogens with zero attached hydrogens (tertiary/aromatic N) is 3. The van der Waals surface area contributed by atoms with Crippen LogP contribution in [0.25, 0.3) is 5.57 Å². The van der Waals surface area contributed by atoms with Gasteiger partial charge in [0.05, 0.1) is 5.57 Å². The molecule has 1 N–H and O–H groups in total. The zero-order valence-electron chi connectivity index (χ0n) is 17.9. The first-order valence-corrected chi connectivity index (χ1v) is 13.0. The summed E-state index contributed by atoms with van der Waals surface area (Å²) in [5, 5.41) is 15.4. The number of anilines is 2. The van der Waals surface area contributed by atoms with Crippen molar-refractivity contribution in [1.82, 2.24) is 13.6 Å². The molecular weight excluding hydrogens is 531 g/mol. The number of epoxide rings is 1. The van der Waals surface area contributed by atoms with E-state index in [4.69, 9.17) is 4.74 Å². The summed E-state index contributed by atoms with van der Waals surface area (Å²) < 4.78 is 8.08. The fourth-order valence-corrected chi connectivity index (χ4v) is 5.65. The fourth-order valence-electron chi connectivity index (χ4n) is 4.12. The number of carbonyl (C=O) groups is 1. The Morgan fingerprint density at radius 3 is 2.91 bits per heavy atom. The molecule has 2 fully saturated rings. The third-order valence-corrected chi connectivity index (χ3v) is 7.87. The van der Waals surface area contributed by atoms with Crippen LogP contribution in [0.15, 0.2) is 72.7 Å². The van der Waals surface area contributed by atoms with Crippen LogP contribution in [-0.2, 0) is 9.53 Å². The quantitative estimate of drug-likeness (QED) is 0.338. The monoisotopic (exact) mass is 553 g/mol. The summed E-state index contributed by atoms with van der Waals surface area (Å²) in [6, 6.07) is 12.2. The average molecular weight is 553 g/mol. The zero-order valence-corrected chi connectivity index (χ0v) is 20.1. The minimum Gasteiger partial charge on any atom is -0.750 e. The van der Waals surface area contributed by atoms with Gasteiger partial charge in [-0.25, -0.2) is 4.98 Å². The molecule has 1 saturated carbocycles. The van der Waals surface area contributed by atoms with E-state index in [0.717, 1.165) is 47.8 Å². The topological polar surface area (TPSA) is 84.1 Å². The second-order valence-electron chi connectivity index (χ2n) is 8.51. The highest BCUT2D eigenvalue weighted by Crippen LogP contribution is 2.50. The lowest BCUT2D eigenvalue weighted by Crippen LogP contribution is -2.30. The van der Waals surface area contributed by atoms with Gasteiger partial charge in [-0.2, -0.15) is 0 Å². The number of amides is 1. The molecule has 2 aromatic rings. The van der Waals surface area contributed by atoms with Gasteiger partial charge in [0.2, 0.25) is 0 Å². The van der Waals surface area contributed by atoms with E-state index in [1.807, 2.05) is 66.6 Å². The van der Waals surface area contributed by atoms with Crippen molar-refractivity contribution in [2.75, 3.05) is 4.90 Å². The maximum Gasteiger partial charge on any atom is 0.251 e. The van der Waals surface area contributed by atoms with Crippen molar-refractivity contribution in [1.29, 1.82) is 0 Å². The first kappa shape index (κ1) is 20.8. The summed E-state index contributed by atoms with van der Waals surface area (Å²) in [4.78, 5) is 19.6. The zero-order chi connectivity index (χ0) is 22.5. The number of rotatable bonds is 4. The fraction of sp³-hybridized carbons (Fsp3) is 0.240. The Balaban J connectivity index is 1.42. The number of nitrogens with one attached hydrogen (secondary N) is 1. The molecule has 1 aromatic carbocycles. The van der Waals surface area contributed by atoms with Crippen molar-refractivity contribution in [3.63, 3.8) is 0 Å². The van der Waals surface area contributed by atoms with Crippen LogP contribution in [0.2, 0.25) is 0 Å². The van der Waals surface area contributed by atoms with Crippen LogP contribution in [0.4, 0.5) is 11.5 Å². The van der Waals surface area contributed by atoms with Crippen molar-refractivity contribution < 1.29 is 9.53 Å². The number of benzene rings is 1. The van der Waals surface area contributed by atoms with Gasteiger partial charge in [0.25, 0.3) is 5.91 Å². The third-order valence-electron chi connectivity index (χ3n) is 6.00. The Kier molecular flexibility index (Phi) is 5.16. The molecule has 0 spiro atoms. The highest BCUT2D eigenvalue weighted by Gasteiger charge is 2.49. The van der Waals surface area contributed by atoms with E-state index in [1.165, 1.54) is 0 Å². The predicted molar refractivity (Wildman–Crippen MR) is 137 cm³/mol. The SMILES string of the molecule is CC1=IN([O-])C=C(c2cccc(N3C=C(C(=O)NC4CC4)C4OC4c4cccnc43)c2)C=C1. The molecule has 0 bridgehead atoms. The molecule has 168 valence electrons. The van der Waals surface area contributed by atoms with Crippen molar-refractivity contribution in [2.45, 2.75) is 38.0 Å². The van der Waals surface area contributed by atoms with Crippen LogP contribution in [0.1, 0.15) is 37.0 Å². The highest BCUT2D eigenvalue weighted by atomic mass is 127. The summed E-state index contributed by atoms with van der Waals surface area (Å²) in [6.07, 6.45) is 10.9. The van der Waals surface area contributed by atoms with Gasteiger partial charge in [0, 0.05) is 35.9 Å². The smallest absolute Gasteiger partial charge is 0.251 e. The summed E-state index contributed by atoms with van der Waals surface area (Å²) in [5.74, 6) is 0.674. The Hall–Kier alpha value is -2.82. The normalized spacial score (nSPS) is 23.6. The van der Waals surface area contributed by atoms with Crippen LogP contribution >= 0.6 is 21.0 Å². The molecule has 33 heavy (non-hydrogen) atoms. The van der Waals surface area contributed by atoms with E-state index in [-0.39, 0.29) is 24.2 Å². The first-order valence-electron chi connectivity index (χ1n) is 10.9. The van der Waals surface area contributed by atoms with E-state index in [0.29, 0.717) is 5.57 Å². The lowest BCUT2D eigenvalue weighted by Gasteiger charge is -2.23. The van der Waals surface area contributed by atoms with Crippen molar-refractivity contribution in [3.8, 4) is 0 Å². The van der Waals surface area contributed by atoms with E-state index in [9.17, 15) is 10.0 Å². The second-order valence-corrected chi connectivity index (χ2v) is 11.6. The molecule has 2 atom stereocenters. The Bertz CT molecular complexity index is 1260. The summed E-state index contributed by atoms with van der Waals surface area (Å²) >= 11 is -0.691. The molecule has 2 unspecified atom stereocenters. The van der Waals surface area contributed by atoms with Gasteiger partial charge in [0.15, 0.2) is 0 Å². The number of carbonyl (C=O) groups excluding carboxylic acids is 1. The molecule has 4 aliphatic rings. The molecule has 1 aliphatic carbocycles. The lowest BCUT2D eigenvalue weighted by molar-refractivity contribution is -0.117. The summed E-state index contributed by atoms with van der Waals surface area (Å²) in [6.45, 7) is 1.99. The van der Waals surface area contributed by atoms with Gasteiger partial charge < -0.3 is 23.4 Å². The number of halogens is 1. The maximum atomic E-state index is 13.0. The Morgan fingerprint density at radius 2 is 2.06 bits per heavy atom. The van der Waals surface area contributed by atoms with E-state index in [2.05, 4.69) is 10.3 Å². The van der Waals surface area contributed by atoms with Crippen LogP contribution in [-0.4, -0.2) is 29.8 Å². The van der Waals surface area contributed by atoms with Gasteiger partial charge >= 0.3 is 0 Å². The van der Waals surface area contributed by atoms with E-state index >= 15 is 0 Å². The van der Waals surface area contributed by atoms with Gasteiger partial charge in [0.1, 0.15) is 18.0 Å². The predicted octanol–water partition coefficient (Wildman–Crippen LogP) is 4.62. The average Bonchev–Trinajstić information content (AvgIpc) is 3.70. The lowest BCUT2D eigenvalue weighted by atomic mass is 10.0. The summed E-state index contributed by atoms with van der Waals surface area (Å²) in [7, 11) is 0. The largest absolute Gasteiger partial charge is 0.750 e. The van der Waals surface area contributed by atoms with Crippen LogP contribution < -0.4 is 10.2 Å². The number of hydrogen-bond acceptors (Lipinski definition) is 6. The molecule has 6 rings (SSSR count). The molecule has 1 aromatic heterocycles. The number of ether oxygens (including phenoxy) is 1. The standard InChI is InChI=1S/C25H22IN4O3/c1-15-7-8-17(13-30(32)26-15)16-4-2-5-19(12-16)29-14-21(25(31)28-18-9-10-18)23-22(33-23)20-6-3-11-27-24(20)29/h2-8,11-14,18,22-23H,9-10H2,1H3,(H,28,31)/q-1. The first-order chi connectivity index (χ1) is 16.1. The molecular formula is C25H22IN4O3-. The highest BCUT2D eigenvalue weighted by molar-refractivity contribution is 14.2. The number of aromatic nitrogens is 1. The Morgan fingerprint density at radius 1 is 1.18 bits per heavy atom. The van der Waals surface area contributed by atoms with Crippen molar-refractivity contribution in [2.24, 2.45) is 0 Å². The Labute approximate surface area is 202 Å². The summed E-state index contributed by atoms with van der Waals surface area (Å²) in [5.41, 5.74) is 4.25. The minimum absolute atomic E-state index is 0.0784. The molecule has 1 saturated heterocycles. The van der Waals surface area contributed by atoms with Crippen molar-refractivity contribution >= 4 is 47.5 Å². The van der Waals surface area contributed by atoms with Gasteiger partial charge in [-0.05, 0) is 73.6 Å². The molecule has 3 aliphatic heterocycles. The van der Waals surface area contributed by atoms with E-state index in [1.54, 1.807) is 12.4 Å². The molecule has 4 heterocycles. The third kappa shape index (κ3) is 4.14. The molecule has 8 heteroatoms. The maximum absolute atomic E-state index is 13.0. The number of allylic oxidation sites excluding steroid dienone is 3. The molecule has 7 nitrogen and oxygen atoms in total. The van der Waals surface area contributed by atoms with Gasteiger partial charge in [-0.3, -0.25) is 4.79 Å². The van der Waals surface area contributed by atoms with Gasteiger partial charge in [-0.15, -0.1) is 0 Å².